The lowest BCUT2D eigenvalue weighted by molar-refractivity contribution is -0.137. The summed E-state index contributed by atoms with van der Waals surface area (Å²) in [5, 5.41) is 14.5. The Morgan fingerprint density at radius 1 is 1.27 bits per heavy atom. The lowest BCUT2D eigenvalue weighted by Gasteiger charge is -2.38. The minimum absolute atomic E-state index is 0.0696. The maximum absolute atomic E-state index is 12.8. The van der Waals surface area contributed by atoms with Crippen molar-refractivity contribution in [3.05, 3.63) is 23.8 Å². The van der Waals surface area contributed by atoms with E-state index < -0.39 is 17.2 Å². The van der Waals surface area contributed by atoms with Gasteiger partial charge in [-0.15, -0.1) is 0 Å². The van der Waals surface area contributed by atoms with Crippen molar-refractivity contribution in [1.82, 2.24) is 0 Å². The number of nitrogens with one attached hydrogen (secondary N) is 1. The number of thioether (sulfide) groups is 1. The molecule has 1 aromatic carbocycles. The van der Waals surface area contributed by atoms with Gasteiger partial charge >= 0.3 is 12.1 Å². The van der Waals surface area contributed by atoms with Crippen LogP contribution in [0.4, 0.5) is 24.5 Å². The van der Waals surface area contributed by atoms with Gasteiger partial charge in [0.05, 0.1) is 17.8 Å². The number of carbonyl (C=O) groups is 1. The average molecular weight is 487 g/mol. The fourth-order valence-electron chi connectivity index (χ4n) is 4.09. The lowest BCUT2D eigenvalue weighted by Crippen LogP contribution is -2.39. The number of aliphatic imine (C=N–C) groups is 1. The predicted molar refractivity (Wildman–Crippen MR) is 129 cm³/mol. The number of benzene rings is 1. The molecule has 0 spiro atoms. The zero-order valence-corrected chi connectivity index (χ0v) is 20.1. The Morgan fingerprint density at radius 2 is 1.91 bits per heavy atom. The highest BCUT2D eigenvalue weighted by atomic mass is 32.2. The molecule has 4 N–H and O–H groups in total. The molecule has 1 saturated carbocycles. The Labute approximate surface area is 197 Å². The molecular formula is C23H33F3N4O2S. The molecule has 1 aromatic rings. The number of aliphatic carboxylic acids is 1. The van der Waals surface area contributed by atoms with Crippen LogP contribution in [-0.2, 0) is 4.79 Å². The number of hydrogen-bond donors (Lipinski definition) is 3. The molecule has 1 fully saturated rings. The van der Waals surface area contributed by atoms with Crippen LogP contribution in [0.1, 0.15) is 70.8 Å². The largest absolute Gasteiger partial charge is 0.481 e. The molecule has 33 heavy (non-hydrogen) atoms. The number of hydrogen-bond acceptors (Lipinski definition) is 5. The van der Waals surface area contributed by atoms with Crippen LogP contribution in [0.25, 0.3) is 0 Å². The highest BCUT2D eigenvalue weighted by molar-refractivity contribution is 8.26. The minimum Gasteiger partial charge on any atom is -0.481 e. The van der Waals surface area contributed by atoms with E-state index in [1.807, 2.05) is 12.1 Å². The number of nitrogens with zero attached hydrogens (tertiary/aromatic N) is 2. The SMILES string of the molecule is CC(C)CN(c1ccc(C(C)CC(=O)O)cc1N=C(N)SC(=N)C(F)(F)F)C1CCCCC1. The summed E-state index contributed by atoms with van der Waals surface area (Å²) in [6, 6.07) is 5.74. The highest BCUT2D eigenvalue weighted by Crippen LogP contribution is 2.38. The summed E-state index contributed by atoms with van der Waals surface area (Å²) in [7, 11) is 0. The van der Waals surface area contributed by atoms with Crippen molar-refractivity contribution < 1.29 is 23.1 Å². The monoisotopic (exact) mass is 486 g/mol. The third kappa shape index (κ3) is 8.24. The first-order chi connectivity index (χ1) is 15.4. The Balaban J connectivity index is 2.51. The molecule has 10 heteroatoms. The van der Waals surface area contributed by atoms with Gasteiger partial charge in [-0.25, -0.2) is 4.99 Å². The van der Waals surface area contributed by atoms with Crippen LogP contribution in [-0.4, -0.2) is 40.1 Å². The maximum Gasteiger partial charge on any atom is 0.439 e. The molecule has 6 nitrogen and oxygen atoms in total. The molecule has 1 unspecified atom stereocenters. The van der Waals surface area contributed by atoms with E-state index in [9.17, 15) is 18.0 Å². The summed E-state index contributed by atoms with van der Waals surface area (Å²) in [4.78, 5) is 17.7. The van der Waals surface area contributed by atoms with Crippen molar-refractivity contribution in [3.63, 3.8) is 0 Å². The molecule has 1 aliphatic carbocycles. The molecular weight excluding hydrogens is 453 g/mol. The van der Waals surface area contributed by atoms with Gasteiger partial charge < -0.3 is 15.7 Å². The van der Waals surface area contributed by atoms with Gasteiger partial charge in [0.2, 0.25) is 0 Å². The second kappa shape index (κ2) is 11.8. The van der Waals surface area contributed by atoms with Crippen LogP contribution in [0.2, 0.25) is 0 Å². The Hall–Kier alpha value is -2.23. The van der Waals surface area contributed by atoms with E-state index in [4.69, 9.17) is 16.2 Å². The number of amidine groups is 1. The molecule has 0 bridgehead atoms. The first kappa shape index (κ1) is 27.0. The Kier molecular flexibility index (Phi) is 9.63. The van der Waals surface area contributed by atoms with E-state index in [1.54, 1.807) is 13.0 Å². The zero-order valence-electron chi connectivity index (χ0n) is 19.3. The standard InChI is InChI=1S/C23H33F3N4O2S/c1-14(2)13-30(17-7-5-4-6-8-17)19-10-9-16(15(3)11-20(31)32)12-18(19)29-22(28)33-21(27)23(24,25)26/h9-10,12,14-15,17,27H,4-8,11,13H2,1-3H3,(H2,28,29)(H,31,32). The van der Waals surface area contributed by atoms with Crippen molar-refractivity contribution in [2.45, 2.75) is 77.4 Å². The Bertz CT molecular complexity index is 868. The van der Waals surface area contributed by atoms with Gasteiger partial charge in [0.25, 0.3) is 0 Å². The summed E-state index contributed by atoms with van der Waals surface area (Å²) in [5.41, 5.74) is 7.70. The Morgan fingerprint density at radius 3 is 2.45 bits per heavy atom. The quantitative estimate of drug-likeness (QED) is 0.296. The number of alkyl halides is 3. The van der Waals surface area contributed by atoms with Gasteiger partial charge in [0.1, 0.15) is 0 Å². The molecule has 0 heterocycles. The maximum atomic E-state index is 12.8. The third-order valence-corrected chi connectivity index (χ3v) is 6.37. The van der Waals surface area contributed by atoms with E-state index in [0.29, 0.717) is 17.6 Å². The second-order valence-electron chi connectivity index (χ2n) is 8.96. The predicted octanol–water partition coefficient (Wildman–Crippen LogP) is 6.28. The van der Waals surface area contributed by atoms with E-state index >= 15 is 0 Å². The number of carboxylic acid groups (broad SMARTS) is 1. The number of carboxylic acids is 1. The highest BCUT2D eigenvalue weighted by Gasteiger charge is 2.35. The number of halogens is 3. The van der Waals surface area contributed by atoms with Crippen molar-refractivity contribution in [3.8, 4) is 0 Å². The summed E-state index contributed by atoms with van der Waals surface area (Å²) in [5.74, 6) is -0.894. The van der Waals surface area contributed by atoms with Gasteiger partial charge in [0.15, 0.2) is 10.2 Å². The molecule has 1 aliphatic rings. The third-order valence-electron chi connectivity index (χ3n) is 5.63. The second-order valence-corrected chi connectivity index (χ2v) is 9.99. The summed E-state index contributed by atoms with van der Waals surface area (Å²) < 4.78 is 38.4. The number of anilines is 1. The molecule has 0 radical (unpaired) electrons. The van der Waals surface area contributed by atoms with Crippen LogP contribution in [0, 0.1) is 11.3 Å². The van der Waals surface area contributed by atoms with Crippen LogP contribution in [0.3, 0.4) is 0 Å². The minimum atomic E-state index is -4.79. The van der Waals surface area contributed by atoms with Crippen LogP contribution < -0.4 is 10.6 Å². The molecule has 1 atom stereocenters. The summed E-state index contributed by atoms with van der Waals surface area (Å²) in [6.07, 6.45) is 0.595. The van der Waals surface area contributed by atoms with Gasteiger partial charge in [-0.2, -0.15) is 13.2 Å². The molecule has 2 rings (SSSR count). The van der Waals surface area contributed by atoms with Crippen molar-refractivity contribution in [2.24, 2.45) is 16.6 Å². The smallest absolute Gasteiger partial charge is 0.439 e. The molecule has 0 amide bonds. The van der Waals surface area contributed by atoms with Gasteiger partial charge in [-0.3, -0.25) is 10.2 Å². The molecule has 0 aliphatic heterocycles. The summed E-state index contributed by atoms with van der Waals surface area (Å²) in [6.45, 7) is 6.75. The van der Waals surface area contributed by atoms with E-state index in [-0.39, 0.29) is 29.3 Å². The molecule has 184 valence electrons. The number of nitrogens with two attached hydrogens (primary N) is 1. The summed E-state index contributed by atoms with van der Waals surface area (Å²) >= 11 is 0.0696. The molecule has 0 aromatic heterocycles. The van der Waals surface area contributed by atoms with Crippen LogP contribution in [0.15, 0.2) is 23.2 Å². The van der Waals surface area contributed by atoms with Crippen molar-refractivity contribution in [1.29, 1.82) is 5.41 Å². The van der Waals surface area contributed by atoms with Gasteiger partial charge in [-0.05, 0) is 54.1 Å². The van der Waals surface area contributed by atoms with Crippen molar-refractivity contribution in [2.75, 3.05) is 11.4 Å². The number of rotatable bonds is 8. The average Bonchev–Trinajstić information content (AvgIpc) is 2.71. The van der Waals surface area contributed by atoms with Gasteiger partial charge in [-0.1, -0.05) is 46.1 Å². The first-order valence-electron chi connectivity index (χ1n) is 11.2. The van der Waals surface area contributed by atoms with Crippen LogP contribution >= 0.6 is 11.8 Å². The van der Waals surface area contributed by atoms with E-state index in [0.717, 1.165) is 43.5 Å². The normalized spacial score (nSPS) is 16.6. The molecule has 0 saturated heterocycles. The lowest BCUT2D eigenvalue weighted by atomic mass is 9.92. The fourth-order valence-corrected chi connectivity index (χ4v) is 4.56. The van der Waals surface area contributed by atoms with Gasteiger partial charge in [0, 0.05) is 12.6 Å². The van der Waals surface area contributed by atoms with E-state index in [2.05, 4.69) is 23.7 Å². The van der Waals surface area contributed by atoms with E-state index in [1.165, 1.54) is 6.42 Å². The zero-order chi connectivity index (χ0) is 24.8. The topological polar surface area (TPSA) is 103 Å². The van der Waals surface area contributed by atoms with Crippen molar-refractivity contribution >= 4 is 39.3 Å². The van der Waals surface area contributed by atoms with Crippen LogP contribution in [0.5, 0.6) is 0 Å². The first-order valence-corrected chi connectivity index (χ1v) is 12.0. The fraction of sp³-hybridized carbons (Fsp3) is 0.609.